The van der Waals surface area contributed by atoms with E-state index in [2.05, 4.69) is 0 Å². The molecule has 0 saturated carbocycles. The molecule has 1 N–H and O–H groups in total. The quantitative estimate of drug-likeness (QED) is 0.852. The van der Waals surface area contributed by atoms with E-state index >= 15 is 0 Å². The Morgan fingerprint density at radius 1 is 1.16 bits per heavy atom. The summed E-state index contributed by atoms with van der Waals surface area (Å²) in [5, 5.41) is 9.51. The zero-order chi connectivity index (χ0) is 18.1. The predicted octanol–water partition coefficient (Wildman–Crippen LogP) is 2.11. The van der Waals surface area contributed by atoms with E-state index in [0.29, 0.717) is 24.4 Å². The SMILES string of the molecule is CCN1C(=O)C(c2ccc(C)c(C)c2)=C(N2CCCC(CO)C2)C1=O. The van der Waals surface area contributed by atoms with Crippen LogP contribution in [0.1, 0.15) is 36.5 Å². The number of carbonyl (C=O) groups excluding carboxylic acids is 2. The number of rotatable bonds is 4. The van der Waals surface area contributed by atoms with E-state index in [-0.39, 0.29) is 24.3 Å². The smallest absolute Gasteiger partial charge is 0.277 e. The third kappa shape index (κ3) is 3.09. The number of aliphatic hydroxyl groups excluding tert-OH is 1. The van der Waals surface area contributed by atoms with Crippen LogP contribution < -0.4 is 0 Å². The highest BCUT2D eigenvalue weighted by Gasteiger charge is 2.41. The highest BCUT2D eigenvalue weighted by Crippen LogP contribution is 2.34. The number of carbonyl (C=O) groups is 2. The normalized spacial score (nSPS) is 21.5. The van der Waals surface area contributed by atoms with Crippen LogP contribution in [0.4, 0.5) is 0 Å². The summed E-state index contributed by atoms with van der Waals surface area (Å²) in [4.78, 5) is 29.2. The molecule has 3 rings (SSSR count). The number of aryl methyl sites for hydroxylation is 2. The van der Waals surface area contributed by atoms with Crippen LogP contribution in [0.15, 0.2) is 23.9 Å². The molecule has 1 aromatic rings. The van der Waals surface area contributed by atoms with Gasteiger partial charge in [-0.3, -0.25) is 14.5 Å². The average molecular weight is 342 g/mol. The van der Waals surface area contributed by atoms with E-state index in [9.17, 15) is 14.7 Å². The molecule has 2 heterocycles. The van der Waals surface area contributed by atoms with Gasteiger partial charge in [0.25, 0.3) is 11.8 Å². The van der Waals surface area contributed by atoms with Crippen molar-refractivity contribution in [2.45, 2.75) is 33.6 Å². The first-order valence-corrected chi connectivity index (χ1v) is 9.01. The van der Waals surface area contributed by atoms with Crippen LogP contribution >= 0.6 is 0 Å². The summed E-state index contributed by atoms with van der Waals surface area (Å²) in [7, 11) is 0. The zero-order valence-electron chi connectivity index (χ0n) is 15.2. The molecule has 5 heteroatoms. The van der Waals surface area contributed by atoms with E-state index in [1.54, 1.807) is 0 Å². The summed E-state index contributed by atoms with van der Waals surface area (Å²) in [6.07, 6.45) is 1.88. The number of likely N-dealkylation sites (tertiary alicyclic amines) is 1. The Labute approximate surface area is 148 Å². The summed E-state index contributed by atoms with van der Waals surface area (Å²) >= 11 is 0. The van der Waals surface area contributed by atoms with Gasteiger partial charge in [-0.2, -0.15) is 0 Å². The molecule has 0 radical (unpaired) electrons. The van der Waals surface area contributed by atoms with Crippen molar-refractivity contribution in [2.75, 3.05) is 26.2 Å². The largest absolute Gasteiger partial charge is 0.396 e. The fraction of sp³-hybridized carbons (Fsp3) is 0.500. The van der Waals surface area contributed by atoms with Crippen LogP contribution in [-0.4, -0.2) is 53.0 Å². The Morgan fingerprint density at radius 2 is 1.92 bits per heavy atom. The molecule has 0 aromatic heterocycles. The topological polar surface area (TPSA) is 60.9 Å². The van der Waals surface area contributed by atoms with E-state index < -0.39 is 0 Å². The van der Waals surface area contributed by atoms with Gasteiger partial charge in [0.1, 0.15) is 5.70 Å². The maximum atomic E-state index is 12.9. The monoisotopic (exact) mass is 342 g/mol. The molecule has 1 fully saturated rings. The number of hydrogen-bond acceptors (Lipinski definition) is 4. The number of piperidine rings is 1. The van der Waals surface area contributed by atoms with Crippen molar-refractivity contribution < 1.29 is 14.7 Å². The van der Waals surface area contributed by atoms with Crippen LogP contribution in [0, 0.1) is 19.8 Å². The first kappa shape index (κ1) is 17.7. The standard InChI is InChI=1S/C20H26N2O3/c1-4-22-19(24)17(16-8-7-13(2)14(3)10-16)18(20(22)25)21-9-5-6-15(11-21)12-23/h7-8,10,15,23H,4-6,9,11-12H2,1-3H3. The summed E-state index contributed by atoms with van der Waals surface area (Å²) < 4.78 is 0. The minimum atomic E-state index is -0.211. The van der Waals surface area contributed by atoms with Crippen LogP contribution in [-0.2, 0) is 9.59 Å². The van der Waals surface area contributed by atoms with Gasteiger partial charge < -0.3 is 10.0 Å². The Hall–Kier alpha value is -2.14. The third-order valence-electron chi connectivity index (χ3n) is 5.35. The molecule has 0 bridgehead atoms. The van der Waals surface area contributed by atoms with Crippen molar-refractivity contribution in [3.63, 3.8) is 0 Å². The highest BCUT2D eigenvalue weighted by molar-refractivity contribution is 6.35. The van der Waals surface area contributed by atoms with Crippen molar-refractivity contribution in [1.29, 1.82) is 0 Å². The van der Waals surface area contributed by atoms with E-state index in [4.69, 9.17) is 0 Å². The fourth-order valence-corrected chi connectivity index (χ4v) is 3.72. The Balaban J connectivity index is 2.09. The highest BCUT2D eigenvalue weighted by atomic mass is 16.3. The van der Waals surface area contributed by atoms with E-state index in [1.807, 2.05) is 43.9 Å². The molecule has 1 saturated heterocycles. The third-order valence-corrected chi connectivity index (χ3v) is 5.35. The molecule has 5 nitrogen and oxygen atoms in total. The Kier molecular flexibility index (Phi) is 4.95. The molecule has 25 heavy (non-hydrogen) atoms. The second kappa shape index (κ2) is 7.00. The van der Waals surface area contributed by atoms with Crippen molar-refractivity contribution in [3.8, 4) is 0 Å². The molecule has 1 unspecified atom stereocenters. The number of likely N-dealkylation sites (N-methyl/N-ethyl adjacent to an activating group) is 1. The fourth-order valence-electron chi connectivity index (χ4n) is 3.72. The number of hydrogen-bond donors (Lipinski definition) is 1. The van der Waals surface area contributed by atoms with Crippen molar-refractivity contribution in [2.24, 2.45) is 5.92 Å². The van der Waals surface area contributed by atoms with Gasteiger partial charge in [0.2, 0.25) is 0 Å². The minimum Gasteiger partial charge on any atom is -0.396 e. The maximum absolute atomic E-state index is 12.9. The lowest BCUT2D eigenvalue weighted by atomic mass is 9.96. The number of imide groups is 1. The van der Waals surface area contributed by atoms with Crippen LogP contribution in [0.5, 0.6) is 0 Å². The summed E-state index contributed by atoms with van der Waals surface area (Å²) in [5.74, 6) is -0.267. The lowest BCUT2D eigenvalue weighted by molar-refractivity contribution is -0.137. The molecule has 2 amide bonds. The summed E-state index contributed by atoms with van der Waals surface area (Å²) in [6.45, 7) is 7.72. The summed E-state index contributed by atoms with van der Waals surface area (Å²) in [6, 6.07) is 5.91. The van der Waals surface area contributed by atoms with E-state index in [1.165, 1.54) is 4.90 Å². The molecule has 2 aliphatic heterocycles. The van der Waals surface area contributed by atoms with Crippen LogP contribution in [0.2, 0.25) is 0 Å². The molecule has 0 spiro atoms. The second-order valence-electron chi connectivity index (χ2n) is 7.01. The predicted molar refractivity (Wildman–Crippen MR) is 96.6 cm³/mol. The Bertz CT molecular complexity index is 738. The molecule has 0 aliphatic carbocycles. The molecular formula is C20H26N2O3. The van der Waals surface area contributed by atoms with Gasteiger partial charge >= 0.3 is 0 Å². The van der Waals surface area contributed by atoms with Crippen LogP contribution in [0.25, 0.3) is 5.57 Å². The lowest BCUT2D eigenvalue weighted by Gasteiger charge is -2.34. The Morgan fingerprint density at radius 3 is 2.56 bits per heavy atom. The summed E-state index contributed by atoms with van der Waals surface area (Å²) in [5.41, 5.74) is 4.08. The van der Waals surface area contributed by atoms with E-state index in [0.717, 1.165) is 36.1 Å². The maximum Gasteiger partial charge on any atom is 0.277 e. The van der Waals surface area contributed by atoms with Crippen molar-refractivity contribution in [3.05, 3.63) is 40.6 Å². The van der Waals surface area contributed by atoms with Gasteiger partial charge in [0, 0.05) is 26.2 Å². The molecule has 2 aliphatic rings. The van der Waals surface area contributed by atoms with Gasteiger partial charge in [0.15, 0.2) is 0 Å². The molecule has 1 aromatic carbocycles. The van der Waals surface area contributed by atoms with Gasteiger partial charge in [0.05, 0.1) is 5.57 Å². The number of nitrogens with zero attached hydrogens (tertiary/aromatic N) is 2. The zero-order valence-corrected chi connectivity index (χ0v) is 15.2. The van der Waals surface area contributed by atoms with Gasteiger partial charge in [-0.05, 0) is 56.2 Å². The lowest BCUT2D eigenvalue weighted by Crippen LogP contribution is -2.40. The average Bonchev–Trinajstić information content (AvgIpc) is 2.87. The number of amides is 2. The number of aliphatic hydroxyl groups is 1. The van der Waals surface area contributed by atoms with Crippen molar-refractivity contribution in [1.82, 2.24) is 9.80 Å². The second-order valence-corrected chi connectivity index (χ2v) is 7.01. The van der Waals surface area contributed by atoms with Crippen molar-refractivity contribution >= 4 is 17.4 Å². The molecular weight excluding hydrogens is 316 g/mol. The molecule has 134 valence electrons. The first-order valence-electron chi connectivity index (χ1n) is 9.01. The van der Waals surface area contributed by atoms with Gasteiger partial charge in [-0.1, -0.05) is 18.2 Å². The van der Waals surface area contributed by atoms with Gasteiger partial charge in [-0.15, -0.1) is 0 Å². The minimum absolute atomic E-state index is 0.113. The first-order chi connectivity index (χ1) is 12.0. The van der Waals surface area contributed by atoms with Crippen LogP contribution in [0.3, 0.4) is 0 Å². The van der Waals surface area contributed by atoms with Gasteiger partial charge in [-0.25, -0.2) is 0 Å². The number of benzene rings is 1. The molecule has 1 atom stereocenters.